The van der Waals surface area contributed by atoms with Gasteiger partial charge in [0.15, 0.2) is 5.82 Å². The van der Waals surface area contributed by atoms with Crippen molar-refractivity contribution in [1.29, 1.82) is 0 Å². The lowest BCUT2D eigenvalue weighted by Gasteiger charge is -2.13. The van der Waals surface area contributed by atoms with Crippen molar-refractivity contribution >= 4 is 17.6 Å². The number of nitrogens with one attached hydrogen (secondary N) is 2. The van der Waals surface area contributed by atoms with Gasteiger partial charge in [0.25, 0.3) is 5.91 Å². The number of alkyl halides is 3. The summed E-state index contributed by atoms with van der Waals surface area (Å²) in [5.41, 5.74) is -0.842. The van der Waals surface area contributed by atoms with Crippen molar-refractivity contribution in [1.82, 2.24) is 10.5 Å². The number of aromatic nitrogens is 1. The standard InChI is InChI=1S/C15H14F3N3O3/c1-8-7-12(21-24-8)20-13(22)9(2)19-14(23)10-3-5-11(6-4-10)15(16,17)18/h3-7,9H,1-2H3,(H,19,23)(H,20,21,22)/t9-/m1/s1. The lowest BCUT2D eigenvalue weighted by Crippen LogP contribution is -2.41. The van der Waals surface area contributed by atoms with Gasteiger partial charge in [-0.05, 0) is 38.1 Å². The van der Waals surface area contributed by atoms with Crippen LogP contribution < -0.4 is 10.6 Å². The van der Waals surface area contributed by atoms with Crippen LogP contribution in [0.2, 0.25) is 0 Å². The number of carbonyl (C=O) groups is 2. The maximum Gasteiger partial charge on any atom is 0.416 e. The van der Waals surface area contributed by atoms with Crippen molar-refractivity contribution in [3.63, 3.8) is 0 Å². The zero-order valence-electron chi connectivity index (χ0n) is 12.8. The Balaban J connectivity index is 1.96. The zero-order valence-corrected chi connectivity index (χ0v) is 12.8. The predicted molar refractivity (Wildman–Crippen MR) is 78.2 cm³/mol. The lowest BCUT2D eigenvalue weighted by molar-refractivity contribution is -0.137. The number of halogens is 3. The Morgan fingerprint density at radius 1 is 1.21 bits per heavy atom. The zero-order chi connectivity index (χ0) is 17.9. The second-order valence-electron chi connectivity index (χ2n) is 5.08. The van der Waals surface area contributed by atoms with Gasteiger partial charge < -0.3 is 15.2 Å². The number of anilines is 1. The number of rotatable bonds is 4. The van der Waals surface area contributed by atoms with Gasteiger partial charge in [0.1, 0.15) is 11.8 Å². The van der Waals surface area contributed by atoms with Gasteiger partial charge in [0.2, 0.25) is 5.91 Å². The van der Waals surface area contributed by atoms with E-state index in [0.717, 1.165) is 24.3 Å². The summed E-state index contributed by atoms with van der Waals surface area (Å²) in [5, 5.41) is 8.41. The Morgan fingerprint density at radius 3 is 2.33 bits per heavy atom. The number of nitrogens with zero attached hydrogens (tertiary/aromatic N) is 1. The third-order valence-corrected chi connectivity index (χ3v) is 3.09. The van der Waals surface area contributed by atoms with Crippen LogP contribution in [-0.4, -0.2) is 23.0 Å². The molecule has 24 heavy (non-hydrogen) atoms. The second-order valence-corrected chi connectivity index (χ2v) is 5.08. The molecule has 0 radical (unpaired) electrons. The van der Waals surface area contributed by atoms with Gasteiger partial charge in [-0.2, -0.15) is 13.2 Å². The van der Waals surface area contributed by atoms with Gasteiger partial charge in [0, 0.05) is 11.6 Å². The highest BCUT2D eigenvalue weighted by molar-refractivity contribution is 6.00. The van der Waals surface area contributed by atoms with E-state index in [-0.39, 0.29) is 11.4 Å². The van der Waals surface area contributed by atoms with Crippen LogP contribution in [0.4, 0.5) is 19.0 Å². The van der Waals surface area contributed by atoms with E-state index in [1.54, 1.807) is 6.92 Å². The summed E-state index contributed by atoms with van der Waals surface area (Å²) in [4.78, 5) is 23.9. The van der Waals surface area contributed by atoms with Gasteiger partial charge in [-0.25, -0.2) is 0 Å². The van der Waals surface area contributed by atoms with Crippen LogP contribution in [0.15, 0.2) is 34.9 Å². The molecular weight excluding hydrogens is 327 g/mol. The number of amides is 2. The minimum absolute atomic E-state index is 0.0138. The molecule has 0 spiro atoms. The average molecular weight is 341 g/mol. The lowest BCUT2D eigenvalue weighted by atomic mass is 10.1. The number of aryl methyl sites for hydroxylation is 1. The van der Waals surface area contributed by atoms with Gasteiger partial charge in [-0.3, -0.25) is 9.59 Å². The van der Waals surface area contributed by atoms with Crippen molar-refractivity contribution in [3.05, 3.63) is 47.2 Å². The highest BCUT2D eigenvalue weighted by atomic mass is 19.4. The van der Waals surface area contributed by atoms with E-state index in [1.165, 1.54) is 13.0 Å². The van der Waals surface area contributed by atoms with Crippen molar-refractivity contribution in [2.75, 3.05) is 5.32 Å². The first kappa shape index (κ1) is 17.5. The molecule has 2 N–H and O–H groups in total. The predicted octanol–water partition coefficient (Wildman–Crippen LogP) is 2.76. The van der Waals surface area contributed by atoms with E-state index in [1.807, 2.05) is 0 Å². The number of hydrogen-bond acceptors (Lipinski definition) is 4. The molecule has 0 unspecified atom stereocenters. The van der Waals surface area contributed by atoms with Crippen LogP contribution in [0.5, 0.6) is 0 Å². The highest BCUT2D eigenvalue weighted by Gasteiger charge is 2.30. The molecule has 1 heterocycles. The molecule has 1 atom stereocenters. The summed E-state index contributed by atoms with van der Waals surface area (Å²) >= 11 is 0. The fourth-order valence-electron chi connectivity index (χ4n) is 1.82. The van der Waals surface area contributed by atoms with Crippen molar-refractivity contribution in [2.45, 2.75) is 26.1 Å². The van der Waals surface area contributed by atoms with Crippen molar-refractivity contribution < 1.29 is 27.3 Å². The first-order valence-electron chi connectivity index (χ1n) is 6.89. The van der Waals surface area contributed by atoms with E-state index in [9.17, 15) is 22.8 Å². The van der Waals surface area contributed by atoms with Crippen LogP contribution in [0.3, 0.4) is 0 Å². The molecule has 9 heteroatoms. The molecule has 2 aromatic rings. The van der Waals surface area contributed by atoms with E-state index < -0.39 is 29.6 Å². The van der Waals surface area contributed by atoms with E-state index in [2.05, 4.69) is 15.8 Å². The molecule has 2 amide bonds. The van der Waals surface area contributed by atoms with Crippen LogP contribution in [0.1, 0.15) is 28.6 Å². The smallest absolute Gasteiger partial charge is 0.360 e. The third kappa shape index (κ3) is 4.34. The van der Waals surface area contributed by atoms with Gasteiger partial charge in [0.05, 0.1) is 5.56 Å². The van der Waals surface area contributed by atoms with Crippen LogP contribution in [-0.2, 0) is 11.0 Å². The number of carbonyl (C=O) groups excluding carboxylic acids is 2. The summed E-state index contributed by atoms with van der Waals surface area (Å²) in [6.45, 7) is 3.09. The van der Waals surface area contributed by atoms with Crippen molar-refractivity contribution in [2.24, 2.45) is 0 Å². The molecule has 0 aliphatic rings. The molecule has 0 bridgehead atoms. The summed E-state index contributed by atoms with van der Waals surface area (Å²) in [6.07, 6.45) is -4.47. The maximum atomic E-state index is 12.5. The molecule has 1 aromatic heterocycles. The molecule has 2 rings (SSSR count). The molecule has 128 valence electrons. The summed E-state index contributed by atoms with van der Waals surface area (Å²) in [7, 11) is 0. The minimum atomic E-state index is -4.47. The Kier molecular flexibility index (Phi) is 4.91. The summed E-state index contributed by atoms with van der Waals surface area (Å²) in [6, 6.07) is 4.28. The summed E-state index contributed by atoms with van der Waals surface area (Å²) < 4.78 is 42.2. The molecule has 0 aliphatic carbocycles. The second kappa shape index (κ2) is 6.73. The van der Waals surface area contributed by atoms with Crippen LogP contribution >= 0.6 is 0 Å². The molecule has 6 nitrogen and oxygen atoms in total. The highest BCUT2D eigenvalue weighted by Crippen LogP contribution is 2.29. The number of benzene rings is 1. The molecule has 0 fully saturated rings. The fourth-order valence-corrected chi connectivity index (χ4v) is 1.82. The van der Waals surface area contributed by atoms with E-state index >= 15 is 0 Å². The van der Waals surface area contributed by atoms with Crippen LogP contribution in [0, 0.1) is 6.92 Å². The van der Waals surface area contributed by atoms with Gasteiger partial charge in [-0.1, -0.05) is 5.16 Å². The first-order valence-corrected chi connectivity index (χ1v) is 6.89. The molecular formula is C15H14F3N3O3. The normalized spacial score (nSPS) is 12.5. The Hall–Kier alpha value is -2.84. The fraction of sp³-hybridized carbons (Fsp3) is 0.267. The largest absolute Gasteiger partial charge is 0.416 e. The minimum Gasteiger partial charge on any atom is -0.360 e. The van der Waals surface area contributed by atoms with Gasteiger partial charge in [-0.15, -0.1) is 0 Å². The monoisotopic (exact) mass is 341 g/mol. The summed E-state index contributed by atoms with van der Waals surface area (Å²) in [5.74, 6) is -0.494. The first-order chi connectivity index (χ1) is 11.2. The SMILES string of the molecule is Cc1cc(NC(=O)[C@@H](C)NC(=O)c2ccc(C(F)(F)F)cc2)no1. The molecule has 1 aromatic carbocycles. The Morgan fingerprint density at radius 2 is 1.83 bits per heavy atom. The Labute approximate surface area is 135 Å². The third-order valence-electron chi connectivity index (χ3n) is 3.09. The quantitative estimate of drug-likeness (QED) is 0.896. The van der Waals surface area contributed by atoms with Crippen LogP contribution in [0.25, 0.3) is 0 Å². The van der Waals surface area contributed by atoms with Gasteiger partial charge >= 0.3 is 6.18 Å². The molecule has 0 aliphatic heterocycles. The molecule has 0 saturated carbocycles. The van der Waals surface area contributed by atoms with Crippen molar-refractivity contribution in [3.8, 4) is 0 Å². The average Bonchev–Trinajstić information content (AvgIpc) is 2.91. The van der Waals surface area contributed by atoms with E-state index in [0.29, 0.717) is 5.76 Å². The topological polar surface area (TPSA) is 84.2 Å². The maximum absolute atomic E-state index is 12.5. The van der Waals surface area contributed by atoms with E-state index in [4.69, 9.17) is 4.52 Å². The molecule has 0 saturated heterocycles. The number of hydrogen-bond donors (Lipinski definition) is 2. The Bertz CT molecular complexity index is 738.